The second-order valence-electron chi connectivity index (χ2n) is 7.14. The molecule has 4 rings (SSSR count). The van der Waals surface area contributed by atoms with Crippen LogP contribution in [-0.2, 0) is 0 Å². The molecule has 0 bridgehead atoms. The molecule has 2 fully saturated rings. The van der Waals surface area contributed by atoms with Crippen LogP contribution in [0.4, 0.5) is 4.79 Å². The molecule has 1 atom stereocenters. The molecule has 0 radical (unpaired) electrons. The Morgan fingerprint density at radius 2 is 1.92 bits per heavy atom. The van der Waals surface area contributed by atoms with E-state index >= 15 is 0 Å². The smallest absolute Gasteiger partial charge is 0.317 e. The summed E-state index contributed by atoms with van der Waals surface area (Å²) in [5, 5.41) is 2.90. The van der Waals surface area contributed by atoms with Gasteiger partial charge in [0.25, 0.3) is 0 Å². The molecule has 0 spiro atoms. The van der Waals surface area contributed by atoms with Crippen molar-refractivity contribution in [2.45, 2.75) is 37.8 Å². The monoisotopic (exact) mass is 345 g/mol. The molecule has 3 aliphatic heterocycles. The third-order valence-electron chi connectivity index (χ3n) is 5.46. The summed E-state index contributed by atoms with van der Waals surface area (Å²) in [6.45, 7) is 5.57. The molecule has 2 amide bonds. The Kier molecular flexibility index (Phi) is 4.97. The molecule has 0 aliphatic carbocycles. The minimum Gasteiger partial charge on any atom is -0.486 e. The first-order chi connectivity index (χ1) is 12.3. The van der Waals surface area contributed by atoms with Crippen molar-refractivity contribution in [3.8, 4) is 11.5 Å². The lowest BCUT2D eigenvalue weighted by atomic mass is 10.0. The fourth-order valence-electron chi connectivity index (χ4n) is 4.04. The first kappa shape index (κ1) is 16.5. The van der Waals surface area contributed by atoms with E-state index in [-0.39, 0.29) is 12.1 Å². The van der Waals surface area contributed by atoms with E-state index in [4.69, 9.17) is 9.47 Å². The molecule has 1 aromatic carbocycles. The van der Waals surface area contributed by atoms with Crippen LogP contribution in [0.15, 0.2) is 24.3 Å². The molecule has 0 aromatic heterocycles. The molecule has 25 heavy (non-hydrogen) atoms. The van der Waals surface area contributed by atoms with E-state index in [1.54, 1.807) is 0 Å². The van der Waals surface area contributed by atoms with E-state index in [9.17, 15) is 4.79 Å². The zero-order chi connectivity index (χ0) is 17.1. The number of carbonyl (C=O) groups is 1. The molecular formula is C19H27N3O3. The van der Waals surface area contributed by atoms with Crippen LogP contribution in [0.2, 0.25) is 0 Å². The summed E-state index contributed by atoms with van der Waals surface area (Å²) < 4.78 is 11.8. The number of carbonyl (C=O) groups excluding carboxylic acids is 1. The molecule has 1 unspecified atom stereocenters. The number of benzene rings is 1. The van der Waals surface area contributed by atoms with Crippen molar-refractivity contribution in [3.05, 3.63) is 24.3 Å². The molecule has 6 nitrogen and oxygen atoms in total. The highest BCUT2D eigenvalue weighted by Gasteiger charge is 2.30. The minimum atomic E-state index is 0.119. The SMILES string of the molecule is O=C1NCCN1C1CCN(CCCC2COc3ccccc3O2)CC1. The molecule has 6 heteroatoms. The van der Waals surface area contributed by atoms with E-state index in [1.165, 1.54) is 0 Å². The lowest BCUT2D eigenvalue weighted by Gasteiger charge is -2.36. The van der Waals surface area contributed by atoms with Crippen molar-refractivity contribution in [1.82, 2.24) is 15.1 Å². The van der Waals surface area contributed by atoms with Crippen molar-refractivity contribution in [1.29, 1.82) is 0 Å². The number of rotatable bonds is 5. The molecule has 0 saturated carbocycles. The number of piperidine rings is 1. The van der Waals surface area contributed by atoms with Gasteiger partial charge in [0.2, 0.25) is 0 Å². The van der Waals surface area contributed by atoms with Gasteiger partial charge in [0.15, 0.2) is 11.5 Å². The summed E-state index contributed by atoms with van der Waals surface area (Å²) >= 11 is 0. The fraction of sp³-hybridized carbons (Fsp3) is 0.632. The molecular weight excluding hydrogens is 318 g/mol. The quantitative estimate of drug-likeness (QED) is 0.888. The van der Waals surface area contributed by atoms with Gasteiger partial charge in [-0.3, -0.25) is 0 Å². The van der Waals surface area contributed by atoms with Gasteiger partial charge in [-0.15, -0.1) is 0 Å². The van der Waals surface area contributed by atoms with Gasteiger partial charge in [-0.1, -0.05) is 12.1 Å². The van der Waals surface area contributed by atoms with Crippen molar-refractivity contribution in [3.63, 3.8) is 0 Å². The zero-order valence-corrected chi connectivity index (χ0v) is 14.7. The first-order valence-corrected chi connectivity index (χ1v) is 9.45. The maximum absolute atomic E-state index is 11.8. The van der Waals surface area contributed by atoms with E-state index in [0.717, 1.165) is 69.9 Å². The summed E-state index contributed by atoms with van der Waals surface area (Å²) in [6, 6.07) is 8.42. The summed E-state index contributed by atoms with van der Waals surface area (Å²) in [5.41, 5.74) is 0. The van der Waals surface area contributed by atoms with Gasteiger partial charge in [0.1, 0.15) is 12.7 Å². The highest BCUT2D eigenvalue weighted by molar-refractivity contribution is 5.76. The summed E-state index contributed by atoms with van der Waals surface area (Å²) in [6.07, 6.45) is 4.46. The van der Waals surface area contributed by atoms with Crippen LogP contribution in [0, 0.1) is 0 Å². The zero-order valence-electron chi connectivity index (χ0n) is 14.7. The van der Waals surface area contributed by atoms with Crippen LogP contribution in [0.25, 0.3) is 0 Å². The van der Waals surface area contributed by atoms with Gasteiger partial charge < -0.3 is 24.6 Å². The van der Waals surface area contributed by atoms with Crippen LogP contribution in [0.5, 0.6) is 11.5 Å². The normalized spacial score (nSPS) is 24.4. The average molecular weight is 345 g/mol. The molecule has 136 valence electrons. The van der Waals surface area contributed by atoms with Crippen molar-refractivity contribution >= 4 is 6.03 Å². The highest BCUT2D eigenvalue weighted by Crippen LogP contribution is 2.31. The Hall–Kier alpha value is -1.95. The second kappa shape index (κ2) is 7.52. The number of fused-ring (bicyclic) bond motifs is 1. The van der Waals surface area contributed by atoms with Crippen molar-refractivity contribution < 1.29 is 14.3 Å². The Labute approximate surface area is 149 Å². The van der Waals surface area contributed by atoms with Gasteiger partial charge in [-0.25, -0.2) is 4.79 Å². The van der Waals surface area contributed by atoms with Crippen LogP contribution < -0.4 is 14.8 Å². The van der Waals surface area contributed by atoms with Gasteiger partial charge >= 0.3 is 6.03 Å². The van der Waals surface area contributed by atoms with E-state index in [1.807, 2.05) is 29.2 Å². The van der Waals surface area contributed by atoms with E-state index < -0.39 is 0 Å². The number of likely N-dealkylation sites (tertiary alicyclic amines) is 1. The molecule has 1 aromatic rings. The van der Waals surface area contributed by atoms with Crippen LogP contribution >= 0.6 is 0 Å². The standard InChI is InChI=1S/C19H27N3O3/c23-19-20-9-13-22(19)15-7-11-21(12-8-15)10-3-4-16-14-24-17-5-1-2-6-18(17)25-16/h1-2,5-6,15-16H,3-4,7-14H2,(H,20,23). The number of para-hydroxylation sites is 2. The summed E-state index contributed by atoms with van der Waals surface area (Å²) in [4.78, 5) is 16.3. The molecule has 1 N–H and O–H groups in total. The average Bonchev–Trinajstić information content (AvgIpc) is 3.08. The number of amides is 2. The van der Waals surface area contributed by atoms with Crippen LogP contribution in [-0.4, -0.2) is 67.3 Å². The first-order valence-electron chi connectivity index (χ1n) is 9.45. The lowest BCUT2D eigenvalue weighted by molar-refractivity contribution is 0.0776. The summed E-state index contributed by atoms with van der Waals surface area (Å²) in [5.74, 6) is 1.72. The summed E-state index contributed by atoms with van der Waals surface area (Å²) in [7, 11) is 0. The topological polar surface area (TPSA) is 54.0 Å². The third-order valence-corrected chi connectivity index (χ3v) is 5.46. The Bertz CT molecular complexity index is 601. The Morgan fingerprint density at radius 1 is 1.12 bits per heavy atom. The minimum absolute atomic E-state index is 0.119. The maximum atomic E-state index is 11.8. The second-order valence-corrected chi connectivity index (χ2v) is 7.14. The van der Waals surface area contributed by atoms with Crippen LogP contribution in [0.3, 0.4) is 0 Å². The number of hydrogen-bond acceptors (Lipinski definition) is 4. The van der Waals surface area contributed by atoms with E-state index in [2.05, 4.69) is 10.2 Å². The largest absolute Gasteiger partial charge is 0.486 e. The van der Waals surface area contributed by atoms with Crippen molar-refractivity contribution in [2.24, 2.45) is 0 Å². The Morgan fingerprint density at radius 3 is 2.68 bits per heavy atom. The molecule has 3 aliphatic rings. The Balaban J connectivity index is 1.16. The third kappa shape index (κ3) is 3.84. The lowest BCUT2D eigenvalue weighted by Crippen LogP contribution is -2.46. The predicted molar refractivity (Wildman–Crippen MR) is 95.2 cm³/mol. The van der Waals surface area contributed by atoms with Crippen molar-refractivity contribution in [2.75, 3.05) is 39.3 Å². The predicted octanol–water partition coefficient (Wildman–Crippen LogP) is 2.10. The maximum Gasteiger partial charge on any atom is 0.317 e. The number of urea groups is 1. The van der Waals surface area contributed by atoms with E-state index in [0.29, 0.717) is 12.6 Å². The van der Waals surface area contributed by atoms with Gasteiger partial charge in [0.05, 0.1) is 0 Å². The fourth-order valence-corrected chi connectivity index (χ4v) is 4.04. The van der Waals surface area contributed by atoms with Crippen LogP contribution in [0.1, 0.15) is 25.7 Å². The van der Waals surface area contributed by atoms with Gasteiger partial charge in [0, 0.05) is 32.2 Å². The van der Waals surface area contributed by atoms with Gasteiger partial charge in [-0.2, -0.15) is 0 Å². The number of ether oxygens (including phenoxy) is 2. The van der Waals surface area contributed by atoms with Gasteiger partial charge in [-0.05, 0) is 44.4 Å². The number of nitrogens with one attached hydrogen (secondary N) is 1. The number of hydrogen-bond donors (Lipinski definition) is 1. The highest BCUT2D eigenvalue weighted by atomic mass is 16.6. The number of nitrogens with zero attached hydrogens (tertiary/aromatic N) is 2. The molecule has 2 saturated heterocycles. The molecule has 3 heterocycles.